The predicted molar refractivity (Wildman–Crippen MR) is 59.8 cm³/mol. The Kier molecular flexibility index (Phi) is 3.89. The van der Waals surface area contributed by atoms with Gasteiger partial charge in [0.2, 0.25) is 0 Å². The quantitative estimate of drug-likeness (QED) is 0.770. The number of aromatic nitrogens is 1. The largest absolute Gasteiger partial charge is 0.383 e. The van der Waals surface area contributed by atoms with Crippen molar-refractivity contribution >= 4 is 5.82 Å². The Bertz CT molecular complexity index is 297. The minimum atomic E-state index is 0.0300. The summed E-state index contributed by atoms with van der Waals surface area (Å²) in [7, 11) is 0. The van der Waals surface area contributed by atoms with E-state index in [9.17, 15) is 0 Å². The summed E-state index contributed by atoms with van der Waals surface area (Å²) in [5.74, 6) is 0.569. The van der Waals surface area contributed by atoms with E-state index in [4.69, 9.17) is 11.5 Å². The zero-order valence-electron chi connectivity index (χ0n) is 8.96. The lowest BCUT2D eigenvalue weighted by atomic mass is 10.0. The topological polar surface area (TPSA) is 64.9 Å². The van der Waals surface area contributed by atoms with Crippen molar-refractivity contribution in [3.05, 3.63) is 23.4 Å². The fourth-order valence-electron chi connectivity index (χ4n) is 1.48. The van der Waals surface area contributed by atoms with Crippen molar-refractivity contribution in [1.82, 2.24) is 4.98 Å². The molecule has 0 spiro atoms. The van der Waals surface area contributed by atoms with Crippen LogP contribution in [-0.2, 0) is 0 Å². The van der Waals surface area contributed by atoms with Gasteiger partial charge in [0.15, 0.2) is 0 Å². The summed E-state index contributed by atoms with van der Waals surface area (Å²) in [6.45, 7) is 4.16. The fraction of sp³-hybridized carbons (Fsp3) is 0.545. The number of nitrogens with zero attached hydrogens (tertiary/aromatic N) is 1. The third-order valence-electron chi connectivity index (χ3n) is 2.35. The van der Waals surface area contributed by atoms with Crippen molar-refractivity contribution in [2.75, 3.05) is 5.73 Å². The molecule has 4 N–H and O–H groups in total. The van der Waals surface area contributed by atoms with Gasteiger partial charge in [0, 0.05) is 17.8 Å². The highest BCUT2D eigenvalue weighted by Gasteiger charge is 2.09. The summed E-state index contributed by atoms with van der Waals surface area (Å²) in [4.78, 5) is 4.11. The van der Waals surface area contributed by atoms with Crippen LogP contribution in [0.1, 0.15) is 43.4 Å². The summed E-state index contributed by atoms with van der Waals surface area (Å²) < 4.78 is 0. The summed E-state index contributed by atoms with van der Waals surface area (Å²) in [5.41, 5.74) is 13.9. The first-order valence-corrected chi connectivity index (χ1v) is 5.12. The van der Waals surface area contributed by atoms with Crippen LogP contribution in [0.5, 0.6) is 0 Å². The van der Waals surface area contributed by atoms with Crippen LogP contribution in [0.4, 0.5) is 5.82 Å². The number of anilines is 1. The molecule has 1 rings (SSSR count). The van der Waals surface area contributed by atoms with Crippen molar-refractivity contribution in [3.8, 4) is 0 Å². The monoisotopic (exact) mass is 193 g/mol. The molecule has 0 aliphatic rings. The van der Waals surface area contributed by atoms with Gasteiger partial charge in [-0.05, 0) is 25.0 Å². The molecule has 0 radical (unpaired) electrons. The van der Waals surface area contributed by atoms with Crippen molar-refractivity contribution in [2.45, 2.75) is 39.2 Å². The van der Waals surface area contributed by atoms with Gasteiger partial charge in [0.1, 0.15) is 5.82 Å². The smallest absolute Gasteiger partial charge is 0.128 e. The first kappa shape index (κ1) is 11.0. The van der Waals surface area contributed by atoms with Gasteiger partial charge in [-0.15, -0.1) is 0 Å². The van der Waals surface area contributed by atoms with E-state index >= 15 is 0 Å². The molecule has 14 heavy (non-hydrogen) atoms. The molecule has 1 aromatic rings. The molecule has 1 atom stereocenters. The molecule has 3 heteroatoms. The maximum Gasteiger partial charge on any atom is 0.128 e. The van der Waals surface area contributed by atoms with Gasteiger partial charge in [-0.25, -0.2) is 4.98 Å². The Labute approximate surface area is 85.5 Å². The Hall–Kier alpha value is -1.09. The van der Waals surface area contributed by atoms with E-state index in [1.807, 2.05) is 13.0 Å². The molecule has 0 aliphatic carbocycles. The summed E-state index contributed by atoms with van der Waals surface area (Å²) >= 11 is 0. The van der Waals surface area contributed by atoms with Crippen LogP contribution in [0.3, 0.4) is 0 Å². The molecule has 0 aromatic carbocycles. The second kappa shape index (κ2) is 4.96. The Balaban J connectivity index is 2.77. The van der Waals surface area contributed by atoms with E-state index in [-0.39, 0.29) is 6.04 Å². The van der Waals surface area contributed by atoms with Crippen molar-refractivity contribution in [2.24, 2.45) is 5.73 Å². The predicted octanol–water partition coefficient (Wildman–Crippen LogP) is 2.16. The molecule has 0 saturated heterocycles. The van der Waals surface area contributed by atoms with Gasteiger partial charge in [-0.3, -0.25) is 0 Å². The molecule has 3 nitrogen and oxygen atoms in total. The van der Waals surface area contributed by atoms with Crippen molar-refractivity contribution in [3.63, 3.8) is 0 Å². The van der Waals surface area contributed by atoms with E-state index < -0.39 is 0 Å². The second-order valence-corrected chi connectivity index (χ2v) is 3.74. The molecule has 0 amide bonds. The van der Waals surface area contributed by atoms with Crippen LogP contribution in [0.2, 0.25) is 0 Å². The van der Waals surface area contributed by atoms with Gasteiger partial charge in [0.05, 0.1) is 0 Å². The highest BCUT2D eigenvalue weighted by Crippen LogP contribution is 2.21. The first-order valence-electron chi connectivity index (χ1n) is 5.12. The van der Waals surface area contributed by atoms with Gasteiger partial charge in [-0.2, -0.15) is 0 Å². The lowest BCUT2D eigenvalue weighted by Crippen LogP contribution is -2.13. The molecule has 0 saturated carbocycles. The average Bonchev–Trinajstić information content (AvgIpc) is 2.18. The zero-order valence-corrected chi connectivity index (χ0v) is 8.96. The van der Waals surface area contributed by atoms with Crippen LogP contribution in [0.15, 0.2) is 12.3 Å². The number of aryl methyl sites for hydroxylation is 1. The molecule has 0 fully saturated rings. The minimum absolute atomic E-state index is 0.0300. The number of rotatable bonds is 4. The molecule has 78 valence electrons. The number of nitrogens with two attached hydrogens (primary N) is 2. The molecule has 1 unspecified atom stereocenters. The number of hydrogen-bond donors (Lipinski definition) is 2. The van der Waals surface area contributed by atoms with Gasteiger partial charge in [-0.1, -0.05) is 19.8 Å². The van der Waals surface area contributed by atoms with Crippen LogP contribution in [-0.4, -0.2) is 4.98 Å². The number of hydrogen-bond acceptors (Lipinski definition) is 3. The van der Waals surface area contributed by atoms with Crippen LogP contribution >= 0.6 is 0 Å². The highest BCUT2D eigenvalue weighted by molar-refractivity contribution is 5.42. The third kappa shape index (κ3) is 2.70. The van der Waals surface area contributed by atoms with Crippen LogP contribution in [0.25, 0.3) is 0 Å². The molecule has 1 heterocycles. The number of nitrogen functional groups attached to an aromatic ring is 1. The summed E-state index contributed by atoms with van der Waals surface area (Å²) in [6, 6.07) is 2.06. The zero-order chi connectivity index (χ0) is 10.6. The van der Waals surface area contributed by atoms with Gasteiger partial charge < -0.3 is 11.5 Å². The summed E-state index contributed by atoms with van der Waals surface area (Å²) in [6.07, 6.45) is 5.04. The maximum absolute atomic E-state index is 6.03. The number of unbranched alkanes of at least 4 members (excludes halogenated alkanes) is 1. The van der Waals surface area contributed by atoms with Gasteiger partial charge in [0.25, 0.3) is 0 Å². The minimum Gasteiger partial charge on any atom is -0.383 e. The average molecular weight is 193 g/mol. The van der Waals surface area contributed by atoms with Crippen LogP contribution < -0.4 is 11.5 Å². The molecular weight excluding hydrogens is 174 g/mol. The molecule has 1 aromatic heterocycles. The van der Waals surface area contributed by atoms with Gasteiger partial charge >= 0.3 is 0 Å². The molecule has 0 bridgehead atoms. The highest BCUT2D eigenvalue weighted by atomic mass is 14.8. The van der Waals surface area contributed by atoms with Crippen molar-refractivity contribution < 1.29 is 0 Å². The first-order chi connectivity index (χ1) is 6.65. The SMILES string of the molecule is CCCCC(N)c1cc(C)cnc1N. The van der Waals surface area contributed by atoms with Crippen LogP contribution in [0, 0.1) is 6.92 Å². The van der Waals surface area contributed by atoms with E-state index in [0.717, 1.165) is 30.4 Å². The normalized spacial score (nSPS) is 12.8. The van der Waals surface area contributed by atoms with E-state index in [0.29, 0.717) is 5.82 Å². The third-order valence-corrected chi connectivity index (χ3v) is 2.35. The maximum atomic E-state index is 6.03. The van der Waals surface area contributed by atoms with E-state index in [2.05, 4.69) is 11.9 Å². The summed E-state index contributed by atoms with van der Waals surface area (Å²) in [5, 5.41) is 0. The Morgan fingerprint density at radius 1 is 1.50 bits per heavy atom. The van der Waals surface area contributed by atoms with Crippen molar-refractivity contribution in [1.29, 1.82) is 0 Å². The lowest BCUT2D eigenvalue weighted by Gasteiger charge is -2.13. The fourth-order valence-corrected chi connectivity index (χ4v) is 1.48. The molecular formula is C11H19N3. The Morgan fingerprint density at radius 2 is 2.21 bits per heavy atom. The van der Waals surface area contributed by atoms with E-state index in [1.54, 1.807) is 6.20 Å². The Morgan fingerprint density at radius 3 is 2.86 bits per heavy atom. The number of pyridine rings is 1. The second-order valence-electron chi connectivity index (χ2n) is 3.74. The molecule has 0 aliphatic heterocycles. The standard InChI is InChI=1S/C11H19N3/c1-3-4-5-10(12)9-6-8(2)7-14-11(9)13/h6-7,10H,3-5,12H2,1-2H3,(H2,13,14). The van der Waals surface area contributed by atoms with E-state index in [1.165, 1.54) is 0 Å². The lowest BCUT2D eigenvalue weighted by molar-refractivity contribution is 0.603.